The summed E-state index contributed by atoms with van der Waals surface area (Å²) in [6.45, 7) is 4.59. The molecule has 0 aliphatic heterocycles. The van der Waals surface area contributed by atoms with Crippen molar-refractivity contribution in [3.05, 3.63) is 22.5 Å². The number of nitro groups is 1. The van der Waals surface area contributed by atoms with Crippen molar-refractivity contribution in [2.75, 3.05) is 13.2 Å². The zero-order valence-electron chi connectivity index (χ0n) is 11.8. The fourth-order valence-corrected chi connectivity index (χ4v) is 1.92. The third-order valence-corrected chi connectivity index (χ3v) is 2.85. The second-order valence-corrected chi connectivity index (χ2v) is 5.25. The van der Waals surface area contributed by atoms with Gasteiger partial charge >= 0.3 is 5.69 Å². The summed E-state index contributed by atoms with van der Waals surface area (Å²) in [6.07, 6.45) is 2.52. The van der Waals surface area contributed by atoms with Crippen LogP contribution < -0.4 is 5.32 Å². The summed E-state index contributed by atoms with van der Waals surface area (Å²) in [6, 6.07) is -0.0587. The Morgan fingerprint density at radius 2 is 2.25 bits per heavy atom. The van der Waals surface area contributed by atoms with Crippen LogP contribution in [0.4, 0.5) is 5.69 Å². The predicted octanol–water partition coefficient (Wildman–Crippen LogP) is 0.149. The number of aromatic nitrogens is 2. The third kappa shape index (κ3) is 5.64. The second-order valence-electron chi connectivity index (χ2n) is 5.25. The smallest absolute Gasteiger partial charge is 0.306 e. The average Bonchev–Trinajstić information content (AvgIpc) is 2.82. The molecule has 0 aromatic carbocycles. The van der Waals surface area contributed by atoms with Crippen LogP contribution in [-0.4, -0.2) is 50.2 Å². The highest BCUT2D eigenvalue weighted by Gasteiger charge is 2.14. The molecule has 0 bridgehead atoms. The molecule has 0 saturated carbocycles. The number of nitrogens with zero attached hydrogens (tertiary/aromatic N) is 3. The maximum atomic E-state index is 10.5. The highest BCUT2D eigenvalue weighted by atomic mass is 16.6. The minimum atomic E-state index is -0.726. The largest absolute Gasteiger partial charge is 0.395 e. The van der Waals surface area contributed by atoms with Gasteiger partial charge in [0, 0.05) is 12.6 Å². The highest BCUT2D eigenvalue weighted by Crippen LogP contribution is 2.08. The summed E-state index contributed by atoms with van der Waals surface area (Å²) in [5.41, 5.74) is -0.0989. The predicted molar refractivity (Wildman–Crippen MR) is 73.2 cm³/mol. The molecule has 2 atom stereocenters. The van der Waals surface area contributed by atoms with E-state index in [-0.39, 0.29) is 24.9 Å². The van der Waals surface area contributed by atoms with E-state index >= 15 is 0 Å². The van der Waals surface area contributed by atoms with Gasteiger partial charge in [-0.05, 0) is 12.3 Å². The first-order valence-corrected chi connectivity index (χ1v) is 6.61. The molecule has 8 nitrogen and oxygen atoms in total. The number of hydrogen-bond acceptors (Lipinski definition) is 6. The van der Waals surface area contributed by atoms with Crippen LogP contribution in [0.3, 0.4) is 0 Å². The van der Waals surface area contributed by atoms with Gasteiger partial charge in [-0.2, -0.15) is 5.10 Å². The van der Waals surface area contributed by atoms with Crippen LogP contribution in [0.2, 0.25) is 0 Å². The number of aliphatic hydroxyl groups excluding tert-OH is 2. The summed E-state index contributed by atoms with van der Waals surface area (Å²) in [5, 5.41) is 36.5. The van der Waals surface area contributed by atoms with Crippen molar-refractivity contribution in [1.29, 1.82) is 0 Å². The minimum absolute atomic E-state index is 0.0120. The SMILES string of the molecule is CC(C)CC(CO)NCC(O)Cn1cc([N+](=O)[O-])cn1. The van der Waals surface area contributed by atoms with Gasteiger partial charge in [0.15, 0.2) is 0 Å². The molecule has 1 heterocycles. The molecule has 0 spiro atoms. The molecule has 114 valence electrons. The summed E-state index contributed by atoms with van der Waals surface area (Å²) in [4.78, 5) is 9.98. The van der Waals surface area contributed by atoms with Crippen molar-refractivity contribution in [2.24, 2.45) is 5.92 Å². The van der Waals surface area contributed by atoms with E-state index in [0.717, 1.165) is 12.6 Å². The van der Waals surface area contributed by atoms with E-state index in [2.05, 4.69) is 24.3 Å². The Kier molecular flexibility index (Phi) is 6.56. The van der Waals surface area contributed by atoms with Crippen molar-refractivity contribution in [1.82, 2.24) is 15.1 Å². The molecule has 8 heteroatoms. The van der Waals surface area contributed by atoms with Crippen LogP contribution in [0, 0.1) is 16.0 Å². The molecule has 0 aliphatic carbocycles. The molecule has 2 unspecified atom stereocenters. The summed E-state index contributed by atoms with van der Waals surface area (Å²) >= 11 is 0. The Hall–Kier alpha value is -1.51. The summed E-state index contributed by atoms with van der Waals surface area (Å²) < 4.78 is 1.33. The molecule has 0 saturated heterocycles. The molecular weight excluding hydrogens is 264 g/mol. The minimum Gasteiger partial charge on any atom is -0.395 e. The van der Waals surface area contributed by atoms with Crippen molar-refractivity contribution in [3.8, 4) is 0 Å². The van der Waals surface area contributed by atoms with Crippen LogP contribution in [0.5, 0.6) is 0 Å². The Morgan fingerprint density at radius 1 is 1.55 bits per heavy atom. The summed E-state index contributed by atoms with van der Waals surface area (Å²) in [5.74, 6) is 0.450. The normalized spacial score (nSPS) is 14.4. The van der Waals surface area contributed by atoms with E-state index in [1.54, 1.807) is 0 Å². The van der Waals surface area contributed by atoms with E-state index < -0.39 is 11.0 Å². The first kappa shape index (κ1) is 16.5. The van der Waals surface area contributed by atoms with Gasteiger partial charge in [0.1, 0.15) is 12.4 Å². The quantitative estimate of drug-likeness (QED) is 0.440. The molecule has 0 amide bonds. The maximum Gasteiger partial charge on any atom is 0.306 e. The molecule has 1 aromatic rings. The van der Waals surface area contributed by atoms with Gasteiger partial charge in [-0.1, -0.05) is 13.8 Å². The molecule has 0 aliphatic rings. The standard InChI is InChI=1S/C12H22N4O4/c1-9(2)3-10(8-17)13-5-12(18)7-15-6-11(4-14-15)16(19)20/h4,6,9-10,12-13,17-18H,3,5,7-8H2,1-2H3. The van der Waals surface area contributed by atoms with Crippen molar-refractivity contribution in [2.45, 2.75) is 39.0 Å². The van der Waals surface area contributed by atoms with E-state index in [0.29, 0.717) is 12.5 Å². The molecule has 20 heavy (non-hydrogen) atoms. The lowest BCUT2D eigenvalue weighted by atomic mass is 10.0. The summed E-state index contributed by atoms with van der Waals surface area (Å²) in [7, 11) is 0. The lowest BCUT2D eigenvalue weighted by Gasteiger charge is -2.20. The van der Waals surface area contributed by atoms with E-state index in [1.807, 2.05) is 0 Å². The zero-order valence-corrected chi connectivity index (χ0v) is 11.8. The van der Waals surface area contributed by atoms with Gasteiger partial charge in [0.25, 0.3) is 0 Å². The highest BCUT2D eigenvalue weighted by molar-refractivity contribution is 5.20. The first-order chi connectivity index (χ1) is 9.42. The molecule has 0 fully saturated rings. The lowest BCUT2D eigenvalue weighted by Crippen LogP contribution is -2.40. The average molecular weight is 286 g/mol. The zero-order chi connectivity index (χ0) is 15.1. The Bertz CT molecular complexity index is 421. The molecular formula is C12H22N4O4. The van der Waals surface area contributed by atoms with Crippen LogP contribution in [0.15, 0.2) is 12.4 Å². The van der Waals surface area contributed by atoms with Gasteiger partial charge in [0.05, 0.1) is 24.2 Å². The van der Waals surface area contributed by atoms with E-state index in [4.69, 9.17) is 0 Å². The number of rotatable bonds is 9. The second kappa shape index (κ2) is 7.93. The first-order valence-electron chi connectivity index (χ1n) is 6.61. The third-order valence-electron chi connectivity index (χ3n) is 2.85. The number of nitrogens with one attached hydrogen (secondary N) is 1. The Labute approximate surface area is 117 Å². The van der Waals surface area contributed by atoms with Crippen LogP contribution >= 0.6 is 0 Å². The number of aliphatic hydroxyl groups is 2. The van der Waals surface area contributed by atoms with Gasteiger partial charge < -0.3 is 15.5 Å². The maximum absolute atomic E-state index is 10.5. The topological polar surface area (TPSA) is 113 Å². The van der Waals surface area contributed by atoms with Crippen LogP contribution in [0.25, 0.3) is 0 Å². The Morgan fingerprint density at radius 3 is 2.75 bits per heavy atom. The van der Waals surface area contributed by atoms with Crippen molar-refractivity contribution in [3.63, 3.8) is 0 Å². The molecule has 3 N–H and O–H groups in total. The molecule has 1 rings (SSSR count). The van der Waals surface area contributed by atoms with E-state index in [1.165, 1.54) is 10.9 Å². The van der Waals surface area contributed by atoms with Gasteiger partial charge in [-0.25, -0.2) is 0 Å². The van der Waals surface area contributed by atoms with Crippen molar-refractivity contribution < 1.29 is 15.1 Å². The van der Waals surface area contributed by atoms with Crippen LogP contribution in [0.1, 0.15) is 20.3 Å². The van der Waals surface area contributed by atoms with Crippen molar-refractivity contribution >= 4 is 5.69 Å². The van der Waals surface area contributed by atoms with Gasteiger partial charge in [0.2, 0.25) is 0 Å². The fraction of sp³-hybridized carbons (Fsp3) is 0.750. The van der Waals surface area contributed by atoms with E-state index in [9.17, 15) is 20.3 Å². The monoisotopic (exact) mass is 286 g/mol. The lowest BCUT2D eigenvalue weighted by molar-refractivity contribution is -0.385. The fourth-order valence-electron chi connectivity index (χ4n) is 1.92. The number of hydrogen-bond donors (Lipinski definition) is 3. The van der Waals surface area contributed by atoms with Crippen LogP contribution in [-0.2, 0) is 6.54 Å². The Balaban J connectivity index is 2.38. The molecule has 1 aromatic heterocycles. The van der Waals surface area contributed by atoms with Gasteiger partial charge in [-0.15, -0.1) is 0 Å². The molecule has 0 radical (unpaired) electrons. The van der Waals surface area contributed by atoms with Gasteiger partial charge in [-0.3, -0.25) is 14.8 Å².